The van der Waals surface area contributed by atoms with Gasteiger partial charge in [-0.15, -0.1) is 0 Å². The molecule has 112 valence electrons. The smallest absolute Gasteiger partial charge is 0.119 e. The topological polar surface area (TPSA) is 35.9 Å². The van der Waals surface area contributed by atoms with Crippen LogP contribution in [0.5, 0.6) is 5.75 Å². The van der Waals surface area contributed by atoms with E-state index in [1.54, 1.807) is 7.11 Å². The Balaban J connectivity index is 2.22. The molecule has 0 radical (unpaired) electrons. The van der Waals surface area contributed by atoms with Gasteiger partial charge in [0.1, 0.15) is 5.75 Å². The molecule has 1 aromatic rings. The van der Waals surface area contributed by atoms with E-state index in [1.807, 2.05) is 25.1 Å². The second-order valence-electron chi connectivity index (χ2n) is 5.83. The first-order valence-electron chi connectivity index (χ1n) is 7.24. The maximum atomic E-state index is 10.8. The molecule has 4 nitrogen and oxygen atoms in total. The maximum absolute atomic E-state index is 10.8. The van der Waals surface area contributed by atoms with Crippen molar-refractivity contribution in [1.82, 2.24) is 9.80 Å². The maximum Gasteiger partial charge on any atom is 0.119 e. The van der Waals surface area contributed by atoms with Crippen molar-refractivity contribution in [2.75, 3.05) is 40.8 Å². The first-order valence-corrected chi connectivity index (χ1v) is 7.24. The number of benzene rings is 1. The highest BCUT2D eigenvalue weighted by Gasteiger charge is 2.29. The minimum atomic E-state index is -0.466. The summed E-state index contributed by atoms with van der Waals surface area (Å²) in [6.45, 7) is 5.04. The van der Waals surface area contributed by atoms with E-state index >= 15 is 0 Å². The molecule has 2 atom stereocenters. The predicted molar refractivity (Wildman–Crippen MR) is 81.2 cm³/mol. The van der Waals surface area contributed by atoms with Crippen molar-refractivity contribution in [2.45, 2.75) is 25.5 Å². The fourth-order valence-corrected chi connectivity index (χ4v) is 2.96. The summed E-state index contributed by atoms with van der Waals surface area (Å²) >= 11 is 0. The fraction of sp³-hybridized carbons (Fsp3) is 0.625. The Morgan fingerprint density at radius 3 is 2.70 bits per heavy atom. The van der Waals surface area contributed by atoms with Gasteiger partial charge < -0.3 is 14.7 Å². The highest BCUT2D eigenvalue weighted by atomic mass is 16.5. The summed E-state index contributed by atoms with van der Waals surface area (Å²) in [6, 6.07) is 6.03. The van der Waals surface area contributed by atoms with Gasteiger partial charge in [0.15, 0.2) is 0 Å². The molecule has 0 aliphatic carbocycles. The number of ether oxygens (including phenoxy) is 1. The molecule has 0 bridgehead atoms. The third-order valence-electron chi connectivity index (χ3n) is 4.28. The Bertz CT molecular complexity index is 450. The number of likely N-dealkylation sites (N-methyl/N-ethyl adjacent to an activating group) is 2. The van der Waals surface area contributed by atoms with Crippen LogP contribution in [0.15, 0.2) is 18.2 Å². The predicted octanol–water partition coefficient (Wildman–Crippen LogP) is 1.67. The van der Waals surface area contributed by atoms with Gasteiger partial charge in [-0.1, -0.05) is 6.07 Å². The molecule has 4 heteroatoms. The molecule has 20 heavy (non-hydrogen) atoms. The van der Waals surface area contributed by atoms with Gasteiger partial charge in [-0.25, -0.2) is 0 Å². The molecule has 2 rings (SSSR count). The van der Waals surface area contributed by atoms with E-state index in [0.29, 0.717) is 0 Å². The molecular formula is C16H26N2O2. The lowest BCUT2D eigenvalue weighted by molar-refractivity contribution is 0.0568. The molecule has 0 saturated carbocycles. The van der Waals surface area contributed by atoms with E-state index < -0.39 is 6.10 Å². The average Bonchev–Trinajstić information content (AvgIpc) is 2.59. The van der Waals surface area contributed by atoms with Gasteiger partial charge in [-0.3, -0.25) is 4.90 Å². The zero-order valence-corrected chi connectivity index (χ0v) is 13.0. The van der Waals surface area contributed by atoms with Crippen molar-refractivity contribution in [1.29, 1.82) is 0 Å². The van der Waals surface area contributed by atoms with E-state index in [-0.39, 0.29) is 6.04 Å². The Labute approximate surface area is 122 Å². The monoisotopic (exact) mass is 278 g/mol. The minimum absolute atomic E-state index is 0.134. The van der Waals surface area contributed by atoms with E-state index in [4.69, 9.17) is 4.74 Å². The third kappa shape index (κ3) is 3.32. The zero-order chi connectivity index (χ0) is 14.7. The number of hydrogen-bond donors (Lipinski definition) is 1. The van der Waals surface area contributed by atoms with Crippen LogP contribution in [0.3, 0.4) is 0 Å². The molecule has 1 N–H and O–H groups in total. The quantitative estimate of drug-likeness (QED) is 0.912. The molecule has 1 aliphatic heterocycles. The van der Waals surface area contributed by atoms with Crippen LogP contribution in [0, 0.1) is 6.92 Å². The number of hydrogen-bond acceptors (Lipinski definition) is 4. The normalized spacial score (nSPS) is 23.4. The van der Waals surface area contributed by atoms with Gasteiger partial charge in [0.2, 0.25) is 0 Å². The first-order chi connectivity index (χ1) is 9.52. The van der Waals surface area contributed by atoms with Crippen LogP contribution in [0.25, 0.3) is 0 Å². The standard InChI is InChI=1S/C16H26N2O2/c1-12-10-13(20-4)6-7-14(12)16(19)15-11-17(2)8-5-9-18(15)3/h6-7,10,15-16,19H,5,8-9,11H2,1-4H3. The molecule has 1 fully saturated rings. The van der Waals surface area contributed by atoms with Gasteiger partial charge in [-0.05, 0) is 63.8 Å². The SMILES string of the molecule is COc1ccc(C(O)C2CN(C)CCCN2C)c(C)c1. The van der Waals surface area contributed by atoms with Crippen LogP contribution in [0.1, 0.15) is 23.7 Å². The second-order valence-corrected chi connectivity index (χ2v) is 5.83. The van der Waals surface area contributed by atoms with Crippen LogP contribution in [-0.2, 0) is 0 Å². The van der Waals surface area contributed by atoms with E-state index in [1.165, 1.54) is 0 Å². The molecule has 0 amide bonds. The van der Waals surface area contributed by atoms with Crippen LogP contribution >= 0.6 is 0 Å². The number of aliphatic hydroxyl groups excluding tert-OH is 1. The van der Waals surface area contributed by atoms with Crippen molar-refractivity contribution in [3.63, 3.8) is 0 Å². The lowest BCUT2D eigenvalue weighted by atomic mass is 9.96. The number of aryl methyl sites for hydroxylation is 1. The van der Waals surface area contributed by atoms with Crippen molar-refractivity contribution >= 4 is 0 Å². The molecule has 1 saturated heterocycles. The van der Waals surface area contributed by atoms with Crippen molar-refractivity contribution in [3.8, 4) is 5.75 Å². The van der Waals surface area contributed by atoms with Gasteiger partial charge >= 0.3 is 0 Å². The lowest BCUT2D eigenvalue weighted by Crippen LogP contribution is -2.42. The fourth-order valence-electron chi connectivity index (χ4n) is 2.96. The minimum Gasteiger partial charge on any atom is -0.497 e. The number of methoxy groups -OCH3 is 1. The summed E-state index contributed by atoms with van der Waals surface area (Å²) in [5.41, 5.74) is 2.08. The summed E-state index contributed by atoms with van der Waals surface area (Å²) < 4.78 is 5.23. The molecule has 0 spiro atoms. The third-order valence-corrected chi connectivity index (χ3v) is 4.28. The largest absolute Gasteiger partial charge is 0.497 e. The summed E-state index contributed by atoms with van der Waals surface area (Å²) in [7, 11) is 5.89. The molecule has 1 aliphatic rings. The molecule has 2 unspecified atom stereocenters. The van der Waals surface area contributed by atoms with Crippen LogP contribution in [0.2, 0.25) is 0 Å². The van der Waals surface area contributed by atoms with E-state index in [2.05, 4.69) is 23.9 Å². The van der Waals surface area contributed by atoms with E-state index in [9.17, 15) is 5.11 Å². The molecular weight excluding hydrogens is 252 g/mol. The number of nitrogens with zero attached hydrogens (tertiary/aromatic N) is 2. The molecule has 0 aromatic heterocycles. The molecule has 1 heterocycles. The van der Waals surface area contributed by atoms with Crippen molar-refractivity contribution in [2.24, 2.45) is 0 Å². The Morgan fingerprint density at radius 1 is 1.30 bits per heavy atom. The number of rotatable bonds is 3. The highest BCUT2D eigenvalue weighted by Crippen LogP contribution is 2.27. The van der Waals surface area contributed by atoms with Gasteiger partial charge in [0.05, 0.1) is 19.3 Å². The summed E-state index contributed by atoms with van der Waals surface area (Å²) in [5.74, 6) is 0.838. The van der Waals surface area contributed by atoms with E-state index in [0.717, 1.165) is 42.9 Å². The van der Waals surface area contributed by atoms with Crippen molar-refractivity contribution < 1.29 is 9.84 Å². The second kappa shape index (κ2) is 6.57. The summed E-state index contributed by atoms with van der Waals surface area (Å²) in [5, 5.41) is 10.8. The van der Waals surface area contributed by atoms with Crippen LogP contribution < -0.4 is 4.74 Å². The Hall–Kier alpha value is -1.10. The van der Waals surface area contributed by atoms with Gasteiger partial charge in [0, 0.05) is 6.54 Å². The lowest BCUT2D eigenvalue weighted by Gasteiger charge is -2.32. The van der Waals surface area contributed by atoms with Gasteiger partial charge in [0.25, 0.3) is 0 Å². The Morgan fingerprint density at radius 2 is 2.05 bits per heavy atom. The number of aliphatic hydroxyl groups is 1. The summed E-state index contributed by atoms with van der Waals surface area (Å²) in [6.07, 6.45) is 0.684. The van der Waals surface area contributed by atoms with Crippen LogP contribution in [-0.4, -0.2) is 61.8 Å². The first kappa shape index (κ1) is 15.3. The van der Waals surface area contributed by atoms with Crippen molar-refractivity contribution in [3.05, 3.63) is 29.3 Å². The molecule has 1 aromatic carbocycles. The highest BCUT2D eigenvalue weighted by molar-refractivity contribution is 5.36. The average molecular weight is 278 g/mol. The zero-order valence-electron chi connectivity index (χ0n) is 13.0. The summed E-state index contributed by atoms with van der Waals surface area (Å²) in [4.78, 5) is 4.58. The van der Waals surface area contributed by atoms with Crippen LogP contribution in [0.4, 0.5) is 0 Å². The Kier molecular flexibility index (Phi) is 5.02. The van der Waals surface area contributed by atoms with Gasteiger partial charge in [-0.2, -0.15) is 0 Å².